The number of methoxy groups -OCH3 is 1. The first kappa shape index (κ1) is 23.2. The van der Waals surface area contributed by atoms with Crippen LogP contribution in [0.4, 0.5) is 5.69 Å². The van der Waals surface area contributed by atoms with Crippen molar-refractivity contribution in [1.82, 2.24) is 9.55 Å². The van der Waals surface area contributed by atoms with E-state index in [0.29, 0.717) is 42.6 Å². The van der Waals surface area contributed by atoms with E-state index in [1.807, 2.05) is 30.3 Å². The number of amides is 1. The summed E-state index contributed by atoms with van der Waals surface area (Å²) in [6.07, 6.45) is 1.38. The molecule has 7 heteroatoms. The van der Waals surface area contributed by atoms with Gasteiger partial charge >= 0.3 is 0 Å². The van der Waals surface area contributed by atoms with E-state index in [-0.39, 0.29) is 11.8 Å². The molecule has 0 bridgehead atoms. The SMILES string of the molecule is CCc1ccc(OCCn2c([C@H]3CC(=O)N(c4cc(Cl)ccc4OC)C3)nc3ccccc32)cc1. The number of hydrogen-bond acceptors (Lipinski definition) is 4. The van der Waals surface area contributed by atoms with Gasteiger partial charge in [0.25, 0.3) is 0 Å². The summed E-state index contributed by atoms with van der Waals surface area (Å²) in [5.41, 5.74) is 3.93. The zero-order chi connectivity index (χ0) is 24.4. The van der Waals surface area contributed by atoms with Crippen molar-refractivity contribution in [3.05, 3.63) is 83.1 Å². The van der Waals surface area contributed by atoms with Crippen LogP contribution in [0.15, 0.2) is 66.7 Å². The largest absolute Gasteiger partial charge is 0.495 e. The molecule has 1 aromatic heterocycles. The molecule has 2 heterocycles. The van der Waals surface area contributed by atoms with E-state index in [4.69, 9.17) is 26.1 Å². The number of benzene rings is 3. The van der Waals surface area contributed by atoms with Crippen LogP contribution in [0.5, 0.6) is 11.5 Å². The van der Waals surface area contributed by atoms with E-state index >= 15 is 0 Å². The zero-order valence-electron chi connectivity index (χ0n) is 19.9. The molecule has 1 aliphatic heterocycles. The van der Waals surface area contributed by atoms with Crippen LogP contribution in [0.2, 0.25) is 5.02 Å². The molecule has 6 nitrogen and oxygen atoms in total. The van der Waals surface area contributed by atoms with Gasteiger partial charge in [-0.15, -0.1) is 0 Å². The highest BCUT2D eigenvalue weighted by Gasteiger charge is 2.36. The van der Waals surface area contributed by atoms with Crippen molar-refractivity contribution in [3.8, 4) is 11.5 Å². The second-order valence-electron chi connectivity index (χ2n) is 8.68. The number of imidazole rings is 1. The Labute approximate surface area is 210 Å². The Hall–Kier alpha value is -3.51. The van der Waals surface area contributed by atoms with Crippen LogP contribution < -0.4 is 14.4 Å². The molecule has 5 rings (SSSR count). The van der Waals surface area contributed by atoms with E-state index < -0.39 is 0 Å². The van der Waals surface area contributed by atoms with E-state index in [1.165, 1.54) is 5.56 Å². The molecule has 35 heavy (non-hydrogen) atoms. The van der Waals surface area contributed by atoms with Crippen LogP contribution >= 0.6 is 11.6 Å². The van der Waals surface area contributed by atoms with Gasteiger partial charge in [-0.25, -0.2) is 4.98 Å². The number of rotatable bonds is 8. The molecule has 1 atom stereocenters. The summed E-state index contributed by atoms with van der Waals surface area (Å²) in [6, 6.07) is 21.6. The average molecular weight is 490 g/mol. The number of fused-ring (bicyclic) bond motifs is 1. The van der Waals surface area contributed by atoms with Crippen molar-refractivity contribution >= 4 is 34.2 Å². The third-order valence-corrected chi connectivity index (χ3v) is 6.76. The Kier molecular flexibility index (Phi) is 6.64. The van der Waals surface area contributed by atoms with E-state index in [9.17, 15) is 4.79 Å². The van der Waals surface area contributed by atoms with Gasteiger partial charge in [0.1, 0.15) is 23.9 Å². The number of anilines is 1. The first-order valence-electron chi connectivity index (χ1n) is 11.9. The molecule has 0 unspecified atom stereocenters. The highest BCUT2D eigenvalue weighted by molar-refractivity contribution is 6.31. The number of aryl methyl sites for hydroxylation is 1. The van der Waals surface area contributed by atoms with Gasteiger partial charge in [0, 0.05) is 23.9 Å². The van der Waals surface area contributed by atoms with E-state index in [2.05, 4.69) is 29.7 Å². The molecule has 0 N–H and O–H groups in total. The number of para-hydroxylation sites is 2. The maximum absolute atomic E-state index is 13.1. The fourth-order valence-electron chi connectivity index (χ4n) is 4.70. The molecule has 4 aromatic rings. The second-order valence-corrected chi connectivity index (χ2v) is 9.11. The molecule has 0 saturated carbocycles. The predicted molar refractivity (Wildman–Crippen MR) is 139 cm³/mol. The van der Waals surface area contributed by atoms with Gasteiger partial charge in [-0.3, -0.25) is 4.79 Å². The first-order chi connectivity index (χ1) is 17.1. The molecular weight excluding hydrogens is 462 g/mol. The van der Waals surface area contributed by atoms with E-state index in [0.717, 1.165) is 29.0 Å². The number of aromatic nitrogens is 2. The van der Waals surface area contributed by atoms with Gasteiger partial charge in [0.05, 0.1) is 30.4 Å². The molecule has 1 fully saturated rings. The van der Waals surface area contributed by atoms with Crippen molar-refractivity contribution in [2.75, 3.05) is 25.2 Å². The van der Waals surface area contributed by atoms with Gasteiger partial charge < -0.3 is 18.9 Å². The summed E-state index contributed by atoms with van der Waals surface area (Å²) >= 11 is 6.23. The quantitative estimate of drug-likeness (QED) is 0.311. The first-order valence-corrected chi connectivity index (χ1v) is 12.3. The van der Waals surface area contributed by atoms with E-state index in [1.54, 1.807) is 30.2 Å². The molecule has 0 radical (unpaired) electrons. The Balaban J connectivity index is 1.40. The van der Waals surface area contributed by atoms with Crippen molar-refractivity contribution in [3.63, 3.8) is 0 Å². The van der Waals surface area contributed by atoms with Crippen LogP contribution in [-0.2, 0) is 17.8 Å². The van der Waals surface area contributed by atoms with Crippen LogP contribution in [0.25, 0.3) is 11.0 Å². The highest BCUT2D eigenvalue weighted by Crippen LogP contribution is 2.38. The lowest BCUT2D eigenvalue weighted by Gasteiger charge is -2.20. The maximum Gasteiger partial charge on any atom is 0.227 e. The van der Waals surface area contributed by atoms with Gasteiger partial charge in [0.15, 0.2) is 0 Å². The Bertz CT molecular complexity index is 1350. The maximum atomic E-state index is 13.1. The normalized spacial score (nSPS) is 15.7. The van der Waals surface area contributed by atoms with Crippen LogP contribution in [0.3, 0.4) is 0 Å². The number of ether oxygens (including phenoxy) is 2. The van der Waals surface area contributed by atoms with Crippen molar-refractivity contribution < 1.29 is 14.3 Å². The molecule has 3 aromatic carbocycles. The predicted octanol–water partition coefficient (Wildman–Crippen LogP) is 5.86. The van der Waals surface area contributed by atoms with Crippen molar-refractivity contribution in [1.29, 1.82) is 0 Å². The van der Waals surface area contributed by atoms with Gasteiger partial charge in [-0.1, -0.05) is 42.8 Å². The minimum absolute atomic E-state index is 0.0291. The third-order valence-electron chi connectivity index (χ3n) is 6.52. The Morgan fingerprint density at radius 3 is 2.66 bits per heavy atom. The minimum atomic E-state index is -0.0533. The monoisotopic (exact) mass is 489 g/mol. The average Bonchev–Trinajstić information content (AvgIpc) is 3.45. The van der Waals surface area contributed by atoms with Crippen LogP contribution in [0.1, 0.15) is 30.7 Å². The fourth-order valence-corrected chi connectivity index (χ4v) is 4.87. The van der Waals surface area contributed by atoms with Gasteiger partial charge in [-0.05, 0) is 54.4 Å². The summed E-state index contributed by atoms with van der Waals surface area (Å²) in [5, 5.41) is 0.563. The van der Waals surface area contributed by atoms with Gasteiger partial charge in [-0.2, -0.15) is 0 Å². The lowest BCUT2D eigenvalue weighted by Crippen LogP contribution is -2.25. The zero-order valence-corrected chi connectivity index (χ0v) is 20.7. The van der Waals surface area contributed by atoms with Gasteiger partial charge in [0.2, 0.25) is 5.91 Å². The molecular formula is C28H28ClN3O3. The molecule has 1 saturated heterocycles. The van der Waals surface area contributed by atoms with Crippen molar-refractivity contribution in [2.24, 2.45) is 0 Å². The topological polar surface area (TPSA) is 56.6 Å². The third kappa shape index (κ3) is 4.71. The molecule has 1 aliphatic rings. The molecule has 180 valence electrons. The lowest BCUT2D eigenvalue weighted by atomic mass is 10.1. The summed E-state index contributed by atoms with van der Waals surface area (Å²) in [6.45, 7) is 3.79. The molecule has 0 spiro atoms. The number of nitrogens with zero attached hydrogens (tertiary/aromatic N) is 3. The number of carbonyl (C=O) groups is 1. The minimum Gasteiger partial charge on any atom is -0.495 e. The standard InChI is InChI=1S/C28H28ClN3O3/c1-3-19-8-11-22(12-9-19)35-15-14-31-24-7-5-4-6-23(24)30-28(31)20-16-27(33)32(18-20)25-17-21(29)10-13-26(25)34-2/h4-13,17,20H,3,14-16,18H2,1-2H3/t20-/m0/s1. The second kappa shape index (κ2) is 10.0. The summed E-state index contributed by atoms with van der Waals surface area (Å²) in [4.78, 5) is 19.8. The fraction of sp³-hybridized carbons (Fsp3) is 0.286. The van der Waals surface area contributed by atoms with Crippen LogP contribution in [-0.4, -0.2) is 35.7 Å². The Morgan fingerprint density at radius 1 is 1.09 bits per heavy atom. The summed E-state index contributed by atoms with van der Waals surface area (Å²) in [5.74, 6) is 2.35. The summed E-state index contributed by atoms with van der Waals surface area (Å²) in [7, 11) is 1.60. The smallest absolute Gasteiger partial charge is 0.227 e. The molecule has 0 aliphatic carbocycles. The Morgan fingerprint density at radius 2 is 1.89 bits per heavy atom. The summed E-state index contributed by atoms with van der Waals surface area (Å²) < 4.78 is 13.7. The van der Waals surface area contributed by atoms with Crippen LogP contribution in [0, 0.1) is 0 Å². The number of halogens is 1. The lowest BCUT2D eigenvalue weighted by molar-refractivity contribution is -0.117. The number of carbonyl (C=O) groups excluding carboxylic acids is 1. The molecule has 1 amide bonds. The highest BCUT2D eigenvalue weighted by atomic mass is 35.5. The van der Waals surface area contributed by atoms with Crippen molar-refractivity contribution in [2.45, 2.75) is 32.2 Å². The number of hydrogen-bond donors (Lipinski definition) is 0.